The van der Waals surface area contributed by atoms with Crippen LogP contribution in [0, 0.1) is 12.8 Å². The number of amides is 2. The van der Waals surface area contributed by atoms with Crippen molar-refractivity contribution in [2.24, 2.45) is 5.92 Å². The molecule has 0 aliphatic carbocycles. The Hall–Kier alpha value is -3.46. The van der Waals surface area contributed by atoms with Gasteiger partial charge >= 0.3 is 0 Å². The summed E-state index contributed by atoms with van der Waals surface area (Å²) in [6, 6.07) is 14.4. The number of hydrogen-bond acceptors (Lipinski definition) is 6. The van der Waals surface area contributed by atoms with Crippen molar-refractivity contribution in [2.45, 2.75) is 38.1 Å². The van der Waals surface area contributed by atoms with E-state index >= 15 is 0 Å². The molecule has 2 aromatic carbocycles. The molecule has 1 atom stereocenters. The van der Waals surface area contributed by atoms with Crippen molar-refractivity contribution in [3.05, 3.63) is 64.4 Å². The molecule has 1 heterocycles. The zero-order valence-electron chi connectivity index (χ0n) is 18.3. The fraction of sp³-hybridized carbons (Fsp3) is 0.261. The van der Waals surface area contributed by atoms with Crippen LogP contribution in [0.4, 0.5) is 11.4 Å². The second kappa shape index (κ2) is 10.2. The third-order valence-corrected chi connectivity index (χ3v) is 5.56. The van der Waals surface area contributed by atoms with Gasteiger partial charge in [0.15, 0.2) is 10.9 Å². The molecule has 0 saturated heterocycles. The summed E-state index contributed by atoms with van der Waals surface area (Å²) in [6.07, 6.45) is 0. The fourth-order valence-electron chi connectivity index (χ4n) is 2.81. The Labute approximate surface area is 190 Å². The van der Waals surface area contributed by atoms with Crippen LogP contribution in [0.15, 0.2) is 58.5 Å². The SMILES string of the molecule is Cc1cccc(NC(=O)C(C)Sc2nnc(-c3ccccc3NC(=O)C(C)C)c(=O)[nH]2)c1. The molecular formula is C23H25N5O3S. The van der Waals surface area contributed by atoms with Crippen LogP contribution >= 0.6 is 11.8 Å². The Kier molecular flexibility index (Phi) is 7.42. The number of H-pyrrole nitrogens is 1. The third-order valence-electron chi connectivity index (χ3n) is 4.58. The maximum atomic E-state index is 12.7. The normalized spacial score (nSPS) is 11.8. The highest BCUT2D eigenvalue weighted by atomic mass is 32.2. The zero-order valence-corrected chi connectivity index (χ0v) is 19.1. The van der Waals surface area contributed by atoms with E-state index in [2.05, 4.69) is 25.8 Å². The van der Waals surface area contributed by atoms with E-state index in [0.717, 1.165) is 17.3 Å². The number of nitrogens with one attached hydrogen (secondary N) is 3. The Bertz CT molecular complexity index is 1190. The summed E-state index contributed by atoms with van der Waals surface area (Å²) < 4.78 is 0. The average Bonchev–Trinajstić information content (AvgIpc) is 2.74. The van der Waals surface area contributed by atoms with Gasteiger partial charge in [-0.25, -0.2) is 0 Å². The molecule has 3 rings (SSSR count). The highest BCUT2D eigenvalue weighted by Gasteiger charge is 2.19. The first-order chi connectivity index (χ1) is 15.2. The molecule has 0 spiro atoms. The molecule has 0 radical (unpaired) electrons. The first-order valence-electron chi connectivity index (χ1n) is 10.2. The number of thioether (sulfide) groups is 1. The molecule has 2 amide bonds. The van der Waals surface area contributed by atoms with Gasteiger partial charge in [0, 0.05) is 17.2 Å². The van der Waals surface area contributed by atoms with E-state index in [9.17, 15) is 14.4 Å². The maximum absolute atomic E-state index is 12.7. The minimum absolute atomic E-state index is 0.0888. The second-order valence-corrected chi connectivity index (χ2v) is 8.95. The van der Waals surface area contributed by atoms with Crippen LogP contribution in [0.2, 0.25) is 0 Å². The van der Waals surface area contributed by atoms with Crippen molar-refractivity contribution < 1.29 is 9.59 Å². The number of anilines is 2. The van der Waals surface area contributed by atoms with Gasteiger partial charge in [-0.1, -0.05) is 55.9 Å². The topological polar surface area (TPSA) is 117 Å². The molecule has 0 bridgehead atoms. The van der Waals surface area contributed by atoms with E-state index in [1.54, 1.807) is 45.0 Å². The van der Waals surface area contributed by atoms with Gasteiger partial charge in [0.1, 0.15) is 0 Å². The number of carbonyl (C=O) groups excluding carboxylic acids is 2. The molecule has 166 valence electrons. The minimum atomic E-state index is -0.510. The van der Waals surface area contributed by atoms with Crippen LogP contribution in [-0.2, 0) is 9.59 Å². The summed E-state index contributed by atoms with van der Waals surface area (Å²) in [5.41, 5.74) is 2.33. The lowest BCUT2D eigenvalue weighted by Crippen LogP contribution is -2.24. The number of aromatic nitrogens is 3. The highest BCUT2D eigenvalue weighted by molar-refractivity contribution is 8.00. The van der Waals surface area contributed by atoms with Crippen LogP contribution in [-0.4, -0.2) is 32.2 Å². The van der Waals surface area contributed by atoms with Crippen LogP contribution in [0.3, 0.4) is 0 Å². The Morgan fingerprint density at radius 3 is 2.41 bits per heavy atom. The van der Waals surface area contributed by atoms with E-state index in [0.29, 0.717) is 16.9 Å². The average molecular weight is 452 g/mol. The third kappa shape index (κ3) is 5.82. The molecule has 3 aromatic rings. The van der Waals surface area contributed by atoms with Gasteiger partial charge in [0.05, 0.1) is 10.9 Å². The summed E-state index contributed by atoms with van der Waals surface area (Å²) in [6.45, 7) is 7.24. The Morgan fingerprint density at radius 1 is 0.969 bits per heavy atom. The molecule has 0 fully saturated rings. The molecule has 3 N–H and O–H groups in total. The summed E-state index contributed by atoms with van der Waals surface area (Å²) in [4.78, 5) is 40.0. The first-order valence-corrected chi connectivity index (χ1v) is 11.0. The molecule has 8 nitrogen and oxygen atoms in total. The monoisotopic (exact) mass is 451 g/mol. The largest absolute Gasteiger partial charge is 0.325 e. The van der Waals surface area contributed by atoms with E-state index in [-0.39, 0.29) is 28.6 Å². The summed E-state index contributed by atoms with van der Waals surface area (Å²) in [7, 11) is 0. The summed E-state index contributed by atoms with van der Waals surface area (Å²) in [5.74, 6) is -0.588. The van der Waals surface area contributed by atoms with Crippen LogP contribution in [0.1, 0.15) is 26.3 Å². The molecule has 0 saturated carbocycles. The summed E-state index contributed by atoms with van der Waals surface area (Å²) >= 11 is 1.10. The number of aromatic amines is 1. The minimum Gasteiger partial charge on any atom is -0.325 e. The van der Waals surface area contributed by atoms with E-state index < -0.39 is 10.8 Å². The highest BCUT2D eigenvalue weighted by Crippen LogP contribution is 2.25. The molecule has 9 heteroatoms. The lowest BCUT2D eigenvalue weighted by Gasteiger charge is -2.13. The maximum Gasteiger partial charge on any atom is 0.278 e. The predicted molar refractivity (Wildman–Crippen MR) is 127 cm³/mol. The Morgan fingerprint density at radius 2 is 1.72 bits per heavy atom. The lowest BCUT2D eigenvalue weighted by atomic mass is 10.1. The van der Waals surface area contributed by atoms with Crippen LogP contribution < -0.4 is 16.2 Å². The number of aryl methyl sites for hydroxylation is 1. The van der Waals surface area contributed by atoms with E-state index in [1.165, 1.54) is 0 Å². The van der Waals surface area contributed by atoms with Crippen LogP contribution in [0.5, 0.6) is 0 Å². The molecule has 1 aromatic heterocycles. The lowest BCUT2D eigenvalue weighted by molar-refractivity contribution is -0.119. The second-order valence-electron chi connectivity index (χ2n) is 7.62. The predicted octanol–water partition coefficient (Wildman–Crippen LogP) is 3.85. The molecule has 32 heavy (non-hydrogen) atoms. The quantitative estimate of drug-likeness (QED) is 0.470. The van der Waals surface area contributed by atoms with Gasteiger partial charge in [-0.2, -0.15) is 0 Å². The number of benzene rings is 2. The first kappa shape index (κ1) is 23.2. The smallest absolute Gasteiger partial charge is 0.278 e. The van der Waals surface area contributed by atoms with Gasteiger partial charge in [0.25, 0.3) is 5.56 Å². The van der Waals surface area contributed by atoms with Gasteiger partial charge < -0.3 is 10.6 Å². The standard InChI is InChI=1S/C23H25N5O3S/c1-13(2)20(29)25-18-11-6-5-10-17(18)19-22(31)26-23(28-27-19)32-15(4)21(30)24-16-9-7-8-14(3)12-16/h5-13,15H,1-4H3,(H,24,30)(H,25,29)(H,26,28,31). The van der Waals surface area contributed by atoms with Crippen LogP contribution in [0.25, 0.3) is 11.3 Å². The van der Waals surface area contributed by atoms with E-state index in [1.807, 2.05) is 31.2 Å². The zero-order chi connectivity index (χ0) is 23.3. The molecule has 1 unspecified atom stereocenters. The summed E-state index contributed by atoms with van der Waals surface area (Å²) in [5, 5.41) is 13.5. The molecule has 0 aliphatic rings. The van der Waals surface area contributed by atoms with E-state index in [4.69, 9.17) is 0 Å². The fourth-order valence-corrected chi connectivity index (χ4v) is 3.56. The van der Waals surface area contributed by atoms with Gasteiger partial charge in [-0.3, -0.25) is 19.4 Å². The number of carbonyl (C=O) groups is 2. The Balaban J connectivity index is 1.75. The van der Waals surface area contributed by atoms with Crippen molar-refractivity contribution in [2.75, 3.05) is 10.6 Å². The van der Waals surface area contributed by atoms with Crippen molar-refractivity contribution in [3.8, 4) is 11.3 Å². The van der Waals surface area contributed by atoms with Gasteiger partial charge in [-0.15, -0.1) is 10.2 Å². The van der Waals surface area contributed by atoms with Crippen molar-refractivity contribution in [1.29, 1.82) is 0 Å². The number of para-hydroxylation sites is 1. The van der Waals surface area contributed by atoms with Crippen molar-refractivity contribution in [1.82, 2.24) is 15.2 Å². The van der Waals surface area contributed by atoms with Gasteiger partial charge in [-0.05, 0) is 37.6 Å². The number of rotatable bonds is 7. The van der Waals surface area contributed by atoms with Crippen molar-refractivity contribution in [3.63, 3.8) is 0 Å². The number of nitrogens with zero attached hydrogens (tertiary/aromatic N) is 2. The molecular weight excluding hydrogens is 426 g/mol. The van der Waals surface area contributed by atoms with Crippen molar-refractivity contribution >= 4 is 35.0 Å². The number of hydrogen-bond donors (Lipinski definition) is 3. The van der Waals surface area contributed by atoms with Gasteiger partial charge in [0.2, 0.25) is 11.8 Å². The molecule has 0 aliphatic heterocycles.